The number of likely N-dealkylation sites (tertiary alicyclic amines) is 2. The summed E-state index contributed by atoms with van der Waals surface area (Å²) in [6.45, 7) is 7.60. The molecule has 0 N–H and O–H groups in total. The molecule has 4 heterocycles. The van der Waals surface area contributed by atoms with Crippen LogP contribution in [0.15, 0.2) is 36.5 Å². The van der Waals surface area contributed by atoms with Crippen LogP contribution in [0.2, 0.25) is 0 Å². The third-order valence-electron chi connectivity index (χ3n) is 7.05. The van der Waals surface area contributed by atoms with Crippen molar-refractivity contribution in [2.45, 2.75) is 45.6 Å². The lowest BCUT2D eigenvalue weighted by molar-refractivity contribution is 0.0916. The predicted octanol–water partition coefficient (Wildman–Crippen LogP) is 4.47. The topological polar surface area (TPSA) is 65.2 Å². The molecule has 2 aliphatic heterocycles. The molecule has 0 bridgehead atoms. The van der Waals surface area contributed by atoms with Gasteiger partial charge >= 0.3 is 0 Å². The molecule has 2 saturated heterocycles. The summed E-state index contributed by atoms with van der Waals surface area (Å²) < 4.78 is 2.14. The van der Waals surface area contributed by atoms with Gasteiger partial charge in [0.05, 0.1) is 34.8 Å². The van der Waals surface area contributed by atoms with Crippen LogP contribution in [-0.4, -0.2) is 57.9 Å². The Morgan fingerprint density at radius 2 is 1.67 bits per heavy atom. The molecule has 2 aliphatic rings. The zero-order chi connectivity index (χ0) is 22.8. The summed E-state index contributed by atoms with van der Waals surface area (Å²) in [5, 5.41) is 9.21. The van der Waals surface area contributed by atoms with E-state index in [1.54, 1.807) is 0 Å². The fourth-order valence-electron chi connectivity index (χ4n) is 5.36. The number of nitrogens with zero attached hydrogens (tertiary/aromatic N) is 5. The Balaban J connectivity index is 1.57. The monoisotopic (exact) mass is 441 g/mol. The highest BCUT2D eigenvalue weighted by Gasteiger charge is 2.25. The summed E-state index contributed by atoms with van der Waals surface area (Å²) in [5.41, 5.74) is 6.15. The van der Waals surface area contributed by atoms with Gasteiger partial charge in [-0.2, -0.15) is 5.26 Å². The minimum absolute atomic E-state index is 0.145. The smallest absolute Gasteiger partial charge is 0.180 e. The molecule has 0 atom stereocenters. The molecule has 0 unspecified atom stereocenters. The van der Waals surface area contributed by atoms with E-state index in [1.807, 2.05) is 37.4 Å². The first-order chi connectivity index (χ1) is 16.1. The lowest BCUT2D eigenvalue weighted by Gasteiger charge is -2.25. The van der Waals surface area contributed by atoms with E-state index in [4.69, 9.17) is 4.98 Å². The molecule has 0 amide bonds. The van der Waals surface area contributed by atoms with Gasteiger partial charge in [-0.15, -0.1) is 0 Å². The van der Waals surface area contributed by atoms with Crippen LogP contribution in [0.4, 0.5) is 0 Å². The molecule has 2 fully saturated rings. The van der Waals surface area contributed by atoms with Gasteiger partial charge in [0, 0.05) is 24.1 Å². The normalized spacial score (nSPS) is 17.5. The van der Waals surface area contributed by atoms with Crippen molar-refractivity contribution in [3.05, 3.63) is 58.9 Å². The standard InChI is InChI=1S/C27H31N5O/c1-20-26(25(33)19-31-11-3-2-4-12-31)27-24(32(20)23-9-7-21(16-28)8-10-23)15-22(17-29-27)18-30-13-5-6-14-30/h7-10,15,17H,2-6,11-14,18-19H2,1H3. The van der Waals surface area contributed by atoms with Gasteiger partial charge in [0.25, 0.3) is 0 Å². The summed E-state index contributed by atoms with van der Waals surface area (Å²) in [7, 11) is 0. The minimum atomic E-state index is 0.145. The molecular weight excluding hydrogens is 410 g/mol. The molecular formula is C27H31N5O. The van der Waals surface area contributed by atoms with E-state index in [-0.39, 0.29) is 5.78 Å². The number of hydrogen-bond donors (Lipinski definition) is 0. The second kappa shape index (κ2) is 9.46. The van der Waals surface area contributed by atoms with E-state index in [1.165, 1.54) is 24.8 Å². The van der Waals surface area contributed by atoms with Gasteiger partial charge in [0.2, 0.25) is 0 Å². The van der Waals surface area contributed by atoms with E-state index < -0.39 is 0 Å². The third kappa shape index (κ3) is 4.44. The van der Waals surface area contributed by atoms with Crippen LogP contribution in [0, 0.1) is 18.3 Å². The SMILES string of the molecule is Cc1c(C(=O)CN2CCCCC2)c2ncc(CN3CCCC3)cc2n1-c1ccc(C#N)cc1. The van der Waals surface area contributed by atoms with Gasteiger partial charge in [-0.1, -0.05) is 6.42 Å². The van der Waals surface area contributed by atoms with E-state index >= 15 is 0 Å². The number of fused-ring (bicyclic) bond motifs is 1. The van der Waals surface area contributed by atoms with Gasteiger partial charge < -0.3 is 4.57 Å². The predicted molar refractivity (Wildman–Crippen MR) is 130 cm³/mol. The maximum Gasteiger partial charge on any atom is 0.180 e. The van der Waals surface area contributed by atoms with E-state index in [9.17, 15) is 10.1 Å². The Hall–Kier alpha value is -3.01. The van der Waals surface area contributed by atoms with Crippen LogP contribution >= 0.6 is 0 Å². The zero-order valence-electron chi connectivity index (χ0n) is 19.4. The average molecular weight is 442 g/mol. The second-order valence-corrected chi connectivity index (χ2v) is 9.41. The van der Waals surface area contributed by atoms with Crippen molar-refractivity contribution in [2.75, 3.05) is 32.7 Å². The first-order valence-corrected chi connectivity index (χ1v) is 12.1. The number of nitriles is 1. The van der Waals surface area contributed by atoms with Gasteiger partial charge in [-0.3, -0.25) is 19.6 Å². The summed E-state index contributed by atoms with van der Waals surface area (Å²) in [6, 6.07) is 12.0. The molecule has 33 heavy (non-hydrogen) atoms. The lowest BCUT2D eigenvalue weighted by Crippen LogP contribution is -2.34. The number of Topliss-reactive ketones (excluding diaryl/α,β-unsaturated/α-hetero) is 1. The Morgan fingerprint density at radius 3 is 2.36 bits per heavy atom. The van der Waals surface area contributed by atoms with Crippen molar-refractivity contribution in [3.63, 3.8) is 0 Å². The average Bonchev–Trinajstić information content (AvgIpc) is 3.45. The van der Waals surface area contributed by atoms with Crippen molar-refractivity contribution in [2.24, 2.45) is 0 Å². The molecule has 5 rings (SSSR count). The van der Waals surface area contributed by atoms with Crippen molar-refractivity contribution < 1.29 is 4.79 Å². The molecule has 3 aromatic rings. The quantitative estimate of drug-likeness (QED) is 0.528. The zero-order valence-corrected chi connectivity index (χ0v) is 19.4. The highest BCUT2D eigenvalue weighted by molar-refractivity contribution is 6.09. The molecule has 170 valence electrons. The number of aromatic nitrogens is 2. The highest BCUT2D eigenvalue weighted by Crippen LogP contribution is 2.30. The Labute approximate surface area is 195 Å². The number of benzene rings is 1. The van der Waals surface area contributed by atoms with E-state index in [2.05, 4.69) is 26.5 Å². The van der Waals surface area contributed by atoms with E-state index in [0.717, 1.165) is 73.5 Å². The fraction of sp³-hybridized carbons (Fsp3) is 0.444. The van der Waals surface area contributed by atoms with Crippen molar-refractivity contribution >= 4 is 16.8 Å². The summed E-state index contributed by atoms with van der Waals surface area (Å²) in [6.07, 6.45) is 8.04. The molecule has 6 nitrogen and oxygen atoms in total. The maximum absolute atomic E-state index is 13.5. The Bertz CT molecular complexity index is 1190. The summed E-state index contributed by atoms with van der Waals surface area (Å²) in [4.78, 5) is 23.1. The van der Waals surface area contributed by atoms with Crippen LogP contribution in [0.1, 0.15) is 59.3 Å². The molecule has 0 spiro atoms. The van der Waals surface area contributed by atoms with Crippen LogP contribution in [0.3, 0.4) is 0 Å². The minimum Gasteiger partial charge on any atom is -0.312 e. The number of ketones is 1. The molecule has 0 saturated carbocycles. The molecule has 2 aromatic heterocycles. The number of piperidine rings is 1. The van der Waals surface area contributed by atoms with Gasteiger partial charge in [0.1, 0.15) is 0 Å². The Kier molecular flexibility index (Phi) is 6.26. The Morgan fingerprint density at radius 1 is 1.00 bits per heavy atom. The van der Waals surface area contributed by atoms with Gasteiger partial charge in [-0.05, 0) is 94.7 Å². The van der Waals surface area contributed by atoms with E-state index in [0.29, 0.717) is 12.1 Å². The van der Waals surface area contributed by atoms with Gasteiger partial charge in [-0.25, -0.2) is 0 Å². The largest absolute Gasteiger partial charge is 0.312 e. The van der Waals surface area contributed by atoms with Crippen LogP contribution in [0.5, 0.6) is 0 Å². The first kappa shape index (κ1) is 21.8. The number of pyridine rings is 1. The van der Waals surface area contributed by atoms with Crippen LogP contribution in [0.25, 0.3) is 16.7 Å². The number of carbonyl (C=O) groups is 1. The summed E-state index contributed by atoms with van der Waals surface area (Å²) in [5.74, 6) is 0.145. The molecule has 1 aromatic carbocycles. The van der Waals surface area contributed by atoms with Crippen molar-refractivity contribution in [3.8, 4) is 11.8 Å². The maximum atomic E-state index is 13.5. The van der Waals surface area contributed by atoms with Crippen molar-refractivity contribution in [1.82, 2.24) is 19.4 Å². The van der Waals surface area contributed by atoms with Crippen molar-refractivity contribution in [1.29, 1.82) is 5.26 Å². The highest BCUT2D eigenvalue weighted by atomic mass is 16.1. The number of hydrogen-bond acceptors (Lipinski definition) is 5. The number of rotatable bonds is 6. The molecule has 6 heteroatoms. The van der Waals surface area contributed by atoms with Crippen LogP contribution < -0.4 is 0 Å². The molecule has 0 aliphatic carbocycles. The number of carbonyl (C=O) groups excluding carboxylic acids is 1. The lowest BCUT2D eigenvalue weighted by atomic mass is 10.1. The third-order valence-corrected chi connectivity index (χ3v) is 7.05. The first-order valence-electron chi connectivity index (χ1n) is 12.1. The molecule has 0 radical (unpaired) electrons. The summed E-state index contributed by atoms with van der Waals surface area (Å²) >= 11 is 0. The second-order valence-electron chi connectivity index (χ2n) is 9.41. The fourth-order valence-corrected chi connectivity index (χ4v) is 5.36. The van der Waals surface area contributed by atoms with Gasteiger partial charge in [0.15, 0.2) is 5.78 Å². The van der Waals surface area contributed by atoms with Crippen LogP contribution in [-0.2, 0) is 6.54 Å².